The summed E-state index contributed by atoms with van der Waals surface area (Å²) >= 11 is 0. The van der Waals surface area contributed by atoms with Gasteiger partial charge in [0.1, 0.15) is 11.5 Å². The fraction of sp³-hybridized carbons (Fsp3) is 0.565. The van der Waals surface area contributed by atoms with Crippen LogP contribution in [-0.2, 0) is 16.8 Å². The Morgan fingerprint density at radius 1 is 1.35 bits per heavy atom. The molecular weight excluding hydrogens is 418 g/mol. The minimum atomic E-state index is -4.95. The maximum atomic E-state index is 11.3. The van der Waals surface area contributed by atoms with Gasteiger partial charge in [-0.3, -0.25) is 0 Å². The molecule has 176 valence electrons. The number of aliphatic hydroxyl groups is 1. The van der Waals surface area contributed by atoms with Crippen LogP contribution in [-0.4, -0.2) is 36.3 Å². The summed E-state index contributed by atoms with van der Waals surface area (Å²) in [6.07, 6.45) is 7.45. The molecule has 2 rings (SSSR count). The number of aryl methyl sites for hydroxylation is 1. The van der Waals surface area contributed by atoms with Gasteiger partial charge in [0.2, 0.25) is 0 Å². The summed E-state index contributed by atoms with van der Waals surface area (Å²) in [6.45, 7) is 10.9. The molecule has 0 bridgehead atoms. The van der Waals surface area contributed by atoms with E-state index in [4.69, 9.17) is 9.29 Å². The van der Waals surface area contributed by atoms with E-state index in [1.54, 1.807) is 12.1 Å². The Morgan fingerprint density at radius 2 is 2.00 bits per heavy atom. The van der Waals surface area contributed by atoms with E-state index in [0.29, 0.717) is 18.5 Å². The molecule has 1 aromatic rings. The number of phenols is 1. The monoisotopic (exact) mass is 455 g/mol. The zero-order valence-electron chi connectivity index (χ0n) is 18.9. The van der Waals surface area contributed by atoms with Crippen LogP contribution in [0, 0.1) is 5.92 Å². The van der Waals surface area contributed by atoms with Crippen LogP contribution >= 0.6 is 0 Å². The standard InChI is InChI=1S/C21H30O5S.C2H7NO/c1-5-6-7-8-16-12-19(22)21(20(13-16)26-27(23,24)25)18-11-15(4)9-10-17(18)14(2)3;3-1-2-4/h11-13,17-18,22H,2,5-10H2,1,3-4H3,(H,23,24,25);4H,1-3H2/t17-,18+;/m0./s1. The molecule has 0 saturated carbocycles. The average molecular weight is 456 g/mol. The van der Waals surface area contributed by atoms with Crippen LogP contribution in [0.4, 0.5) is 0 Å². The summed E-state index contributed by atoms with van der Waals surface area (Å²) < 4.78 is 38.7. The van der Waals surface area contributed by atoms with Gasteiger partial charge in [-0.25, -0.2) is 8.42 Å². The number of rotatable bonds is 9. The quantitative estimate of drug-likeness (QED) is 0.226. The van der Waals surface area contributed by atoms with Crippen molar-refractivity contribution in [3.63, 3.8) is 0 Å². The third-order valence-corrected chi connectivity index (χ3v) is 5.70. The first-order chi connectivity index (χ1) is 14.5. The molecule has 7 nitrogen and oxygen atoms in total. The molecule has 0 fully saturated rings. The fourth-order valence-electron chi connectivity index (χ4n) is 3.81. The SMILES string of the molecule is C=C(C)[C@@H]1CCC(C)=C[C@H]1c1c(O)cc(CCCCC)cc1OS(=O)(=O)[O-].[NH3+]CCO. The lowest BCUT2D eigenvalue weighted by Crippen LogP contribution is -2.51. The third kappa shape index (κ3) is 9.03. The molecule has 0 amide bonds. The molecule has 0 radical (unpaired) electrons. The Bertz CT molecular complexity index is 861. The lowest BCUT2D eigenvalue weighted by Gasteiger charge is -2.32. The largest absolute Gasteiger partial charge is 0.716 e. The number of benzene rings is 1. The Morgan fingerprint density at radius 3 is 2.52 bits per heavy atom. The van der Waals surface area contributed by atoms with Crippen LogP contribution < -0.4 is 9.92 Å². The molecule has 0 unspecified atom stereocenters. The van der Waals surface area contributed by atoms with Gasteiger partial charge in [0.25, 0.3) is 10.4 Å². The van der Waals surface area contributed by atoms with Crippen LogP contribution in [0.15, 0.2) is 35.9 Å². The predicted octanol–water partition coefficient (Wildman–Crippen LogP) is 3.20. The van der Waals surface area contributed by atoms with E-state index in [-0.39, 0.29) is 29.9 Å². The normalized spacial score (nSPS) is 18.6. The zero-order chi connectivity index (χ0) is 23.6. The second-order valence-corrected chi connectivity index (χ2v) is 9.07. The number of hydrogen-bond acceptors (Lipinski definition) is 6. The lowest BCUT2D eigenvalue weighted by atomic mass is 9.73. The highest BCUT2D eigenvalue weighted by Crippen LogP contribution is 2.47. The van der Waals surface area contributed by atoms with Crippen molar-refractivity contribution in [1.29, 1.82) is 0 Å². The van der Waals surface area contributed by atoms with Gasteiger partial charge in [-0.15, -0.1) is 0 Å². The molecule has 5 N–H and O–H groups in total. The third-order valence-electron chi connectivity index (χ3n) is 5.31. The topological polar surface area (TPSA) is 135 Å². The van der Waals surface area contributed by atoms with E-state index in [1.165, 1.54) is 0 Å². The first kappa shape index (κ1) is 27.2. The maximum Gasteiger partial charge on any atom is 0.262 e. The van der Waals surface area contributed by atoms with Gasteiger partial charge >= 0.3 is 0 Å². The first-order valence-electron chi connectivity index (χ1n) is 10.8. The number of unbranched alkanes of at least 4 members (excludes halogenated alkanes) is 2. The highest BCUT2D eigenvalue weighted by molar-refractivity contribution is 7.81. The van der Waals surface area contributed by atoms with Crippen molar-refractivity contribution >= 4 is 10.4 Å². The summed E-state index contributed by atoms with van der Waals surface area (Å²) in [7, 11) is -4.95. The minimum Gasteiger partial charge on any atom is -0.716 e. The molecule has 0 heterocycles. The molecule has 0 saturated heterocycles. The molecule has 0 aromatic heterocycles. The van der Waals surface area contributed by atoms with E-state index < -0.39 is 10.4 Å². The van der Waals surface area contributed by atoms with Crippen LogP contribution in [0.3, 0.4) is 0 Å². The van der Waals surface area contributed by atoms with Crippen LogP contribution in [0.25, 0.3) is 0 Å². The summed E-state index contributed by atoms with van der Waals surface area (Å²) in [4.78, 5) is 0. The molecule has 1 aromatic carbocycles. The number of quaternary nitrogens is 1. The van der Waals surface area contributed by atoms with Gasteiger partial charge in [-0.1, -0.05) is 43.6 Å². The van der Waals surface area contributed by atoms with E-state index in [1.807, 2.05) is 19.9 Å². The fourth-order valence-corrected chi connectivity index (χ4v) is 4.17. The second-order valence-electron chi connectivity index (χ2n) is 8.08. The second kappa shape index (κ2) is 12.9. The van der Waals surface area contributed by atoms with Crippen molar-refractivity contribution in [2.24, 2.45) is 5.92 Å². The van der Waals surface area contributed by atoms with Crippen molar-refractivity contribution in [2.75, 3.05) is 13.2 Å². The lowest BCUT2D eigenvalue weighted by molar-refractivity contribution is -0.372. The Balaban J connectivity index is 0.00000110. The van der Waals surface area contributed by atoms with Crippen LogP contribution in [0.1, 0.15) is 69.9 Å². The number of phenolic OH excluding ortho intramolecular Hbond substituents is 1. The summed E-state index contributed by atoms with van der Waals surface area (Å²) in [6, 6.07) is 3.23. The molecule has 1 aliphatic carbocycles. The molecular formula is C23H37NO6S. The predicted molar refractivity (Wildman–Crippen MR) is 121 cm³/mol. The van der Waals surface area contributed by atoms with Gasteiger partial charge in [-0.05, 0) is 63.1 Å². The first-order valence-corrected chi connectivity index (χ1v) is 12.1. The molecule has 0 spiro atoms. The van der Waals surface area contributed by atoms with Gasteiger partial charge in [0.05, 0.1) is 13.2 Å². The van der Waals surface area contributed by atoms with Crippen molar-refractivity contribution in [3.05, 3.63) is 47.1 Å². The van der Waals surface area contributed by atoms with E-state index in [9.17, 15) is 18.1 Å². The van der Waals surface area contributed by atoms with Crippen molar-refractivity contribution < 1.29 is 33.1 Å². The number of allylic oxidation sites excluding steroid dienone is 3. The smallest absolute Gasteiger partial charge is 0.262 e. The average Bonchev–Trinajstić information content (AvgIpc) is 2.66. The molecule has 2 atom stereocenters. The number of aliphatic hydroxyl groups excluding tert-OH is 1. The molecule has 0 aliphatic heterocycles. The van der Waals surface area contributed by atoms with E-state index in [0.717, 1.165) is 48.8 Å². The Hall–Kier alpha value is -1.87. The highest BCUT2D eigenvalue weighted by atomic mass is 32.3. The molecule has 31 heavy (non-hydrogen) atoms. The maximum absolute atomic E-state index is 11.3. The summed E-state index contributed by atoms with van der Waals surface area (Å²) in [5, 5.41) is 18.5. The van der Waals surface area contributed by atoms with Crippen LogP contribution in [0.2, 0.25) is 0 Å². The highest BCUT2D eigenvalue weighted by Gasteiger charge is 2.31. The summed E-state index contributed by atoms with van der Waals surface area (Å²) in [5.74, 6) is -0.344. The van der Waals surface area contributed by atoms with E-state index in [2.05, 4.69) is 19.2 Å². The Kier molecular flexibility index (Phi) is 11.3. The van der Waals surface area contributed by atoms with Gasteiger partial charge in [0, 0.05) is 11.5 Å². The van der Waals surface area contributed by atoms with Crippen molar-refractivity contribution in [1.82, 2.24) is 0 Å². The summed E-state index contributed by atoms with van der Waals surface area (Å²) in [5.41, 5.74) is 6.56. The number of hydrogen-bond donors (Lipinski definition) is 3. The van der Waals surface area contributed by atoms with E-state index >= 15 is 0 Å². The van der Waals surface area contributed by atoms with Crippen molar-refractivity contribution in [3.8, 4) is 11.5 Å². The molecule has 1 aliphatic rings. The van der Waals surface area contributed by atoms with Gasteiger partial charge in [-0.2, -0.15) is 0 Å². The zero-order valence-corrected chi connectivity index (χ0v) is 19.7. The Labute approximate surface area is 186 Å². The van der Waals surface area contributed by atoms with Gasteiger partial charge in [0.15, 0.2) is 0 Å². The van der Waals surface area contributed by atoms with Crippen molar-refractivity contribution in [2.45, 2.75) is 65.2 Å². The minimum absolute atomic E-state index is 0.0372. The molecule has 8 heteroatoms. The number of aromatic hydroxyl groups is 1. The van der Waals surface area contributed by atoms with Crippen LogP contribution in [0.5, 0.6) is 11.5 Å². The van der Waals surface area contributed by atoms with Gasteiger partial charge < -0.3 is 24.7 Å².